The molecule has 0 heterocycles. The van der Waals surface area contributed by atoms with Gasteiger partial charge in [0.05, 0.1) is 0 Å². The smallest absolute Gasteiger partial charge is 0.0206 e. The number of likely N-dealkylation sites (N-methyl/N-ethyl adjacent to an activating group) is 1. The van der Waals surface area contributed by atoms with Crippen LogP contribution >= 0.6 is 15.9 Å². The Balaban J connectivity index is 1.68. The van der Waals surface area contributed by atoms with E-state index in [2.05, 4.69) is 58.3 Å². The fraction of sp³-hybridized carbons (Fsp3) is 0.571. The van der Waals surface area contributed by atoms with Crippen LogP contribution in [-0.4, -0.2) is 31.1 Å². The van der Waals surface area contributed by atoms with Crippen LogP contribution in [0.3, 0.4) is 0 Å². The Bertz CT molecular complexity index is 374. The molecule has 0 atom stereocenters. The molecule has 2 rings (SSSR count). The van der Waals surface area contributed by atoms with Gasteiger partial charge >= 0.3 is 0 Å². The molecule has 0 saturated heterocycles. The Morgan fingerprint density at radius 1 is 1.41 bits per heavy atom. The first-order valence-electron chi connectivity index (χ1n) is 6.33. The highest BCUT2D eigenvalue weighted by molar-refractivity contribution is 9.10. The van der Waals surface area contributed by atoms with Gasteiger partial charge in [0.15, 0.2) is 0 Å². The van der Waals surface area contributed by atoms with E-state index in [0.717, 1.165) is 25.7 Å². The summed E-state index contributed by atoms with van der Waals surface area (Å²) in [7, 11) is 2.23. The lowest BCUT2D eigenvalue weighted by molar-refractivity contribution is 0.321. The van der Waals surface area contributed by atoms with E-state index < -0.39 is 0 Å². The van der Waals surface area contributed by atoms with Crippen molar-refractivity contribution < 1.29 is 0 Å². The fourth-order valence-electron chi connectivity index (χ4n) is 2.00. The molecule has 0 bridgehead atoms. The Labute approximate surface area is 113 Å². The van der Waals surface area contributed by atoms with Crippen LogP contribution in [0.5, 0.6) is 0 Å². The standard InChI is InChI=1S/C14H21BrN2/c1-11-9-12(3-6-14(11)15)10-16-7-8-17(2)13-4-5-13/h3,6,9,13,16H,4-5,7-8,10H2,1-2H3. The highest BCUT2D eigenvalue weighted by Gasteiger charge is 2.25. The van der Waals surface area contributed by atoms with Gasteiger partial charge in [0.1, 0.15) is 0 Å². The third-order valence-corrected chi connectivity index (χ3v) is 4.25. The monoisotopic (exact) mass is 296 g/mol. The SMILES string of the molecule is Cc1cc(CNCCN(C)C2CC2)ccc1Br. The molecule has 1 aliphatic rings. The van der Waals surface area contributed by atoms with Gasteiger partial charge < -0.3 is 10.2 Å². The average Bonchev–Trinajstić information content (AvgIpc) is 3.13. The third-order valence-electron chi connectivity index (χ3n) is 3.36. The van der Waals surface area contributed by atoms with Gasteiger partial charge in [-0.05, 0) is 44.0 Å². The number of nitrogens with one attached hydrogen (secondary N) is 1. The predicted octanol–water partition coefficient (Wildman–Crippen LogP) is 2.94. The molecule has 17 heavy (non-hydrogen) atoms. The minimum atomic E-state index is 0.867. The Kier molecular flexibility index (Phi) is 4.60. The van der Waals surface area contributed by atoms with E-state index in [-0.39, 0.29) is 0 Å². The lowest BCUT2D eigenvalue weighted by atomic mass is 10.1. The summed E-state index contributed by atoms with van der Waals surface area (Å²) in [5.41, 5.74) is 2.67. The molecule has 3 heteroatoms. The maximum atomic E-state index is 3.53. The molecule has 1 saturated carbocycles. The van der Waals surface area contributed by atoms with E-state index in [0.29, 0.717) is 0 Å². The number of aryl methyl sites for hydroxylation is 1. The number of benzene rings is 1. The van der Waals surface area contributed by atoms with Crippen LogP contribution in [0, 0.1) is 6.92 Å². The van der Waals surface area contributed by atoms with E-state index in [9.17, 15) is 0 Å². The molecular weight excluding hydrogens is 276 g/mol. The molecule has 94 valence electrons. The third kappa shape index (κ3) is 4.09. The molecule has 1 aliphatic carbocycles. The number of nitrogens with zero attached hydrogens (tertiary/aromatic N) is 1. The largest absolute Gasteiger partial charge is 0.311 e. The van der Waals surface area contributed by atoms with E-state index in [1.807, 2.05) is 0 Å². The zero-order valence-electron chi connectivity index (χ0n) is 10.7. The minimum Gasteiger partial charge on any atom is -0.311 e. The number of hydrogen-bond acceptors (Lipinski definition) is 2. The predicted molar refractivity (Wildman–Crippen MR) is 76.2 cm³/mol. The zero-order chi connectivity index (χ0) is 12.3. The molecule has 1 fully saturated rings. The van der Waals surface area contributed by atoms with Gasteiger partial charge in [0, 0.05) is 30.1 Å². The molecule has 0 amide bonds. The molecule has 1 N–H and O–H groups in total. The lowest BCUT2D eigenvalue weighted by Crippen LogP contribution is -2.30. The van der Waals surface area contributed by atoms with E-state index in [1.54, 1.807) is 0 Å². The average molecular weight is 297 g/mol. The van der Waals surface area contributed by atoms with Crippen LogP contribution in [0.25, 0.3) is 0 Å². The second-order valence-electron chi connectivity index (χ2n) is 4.97. The summed E-state index contributed by atoms with van der Waals surface area (Å²) in [5, 5.41) is 3.50. The van der Waals surface area contributed by atoms with Crippen molar-refractivity contribution in [3.05, 3.63) is 33.8 Å². The molecule has 1 aromatic rings. The second-order valence-corrected chi connectivity index (χ2v) is 5.83. The van der Waals surface area contributed by atoms with Crippen LogP contribution in [0.2, 0.25) is 0 Å². The maximum Gasteiger partial charge on any atom is 0.0206 e. The number of hydrogen-bond donors (Lipinski definition) is 1. The molecule has 0 aliphatic heterocycles. The summed E-state index contributed by atoms with van der Waals surface area (Å²) in [6.07, 6.45) is 2.78. The van der Waals surface area contributed by atoms with E-state index in [4.69, 9.17) is 0 Å². The quantitative estimate of drug-likeness (QED) is 0.812. The van der Waals surface area contributed by atoms with Crippen molar-refractivity contribution in [2.45, 2.75) is 32.4 Å². The van der Waals surface area contributed by atoms with E-state index in [1.165, 1.54) is 28.4 Å². The van der Waals surface area contributed by atoms with Gasteiger partial charge in [-0.3, -0.25) is 0 Å². The first-order chi connectivity index (χ1) is 8.16. The number of halogens is 1. The summed E-state index contributed by atoms with van der Waals surface area (Å²) < 4.78 is 1.19. The van der Waals surface area contributed by atoms with E-state index >= 15 is 0 Å². The molecular formula is C14H21BrN2. The van der Waals surface area contributed by atoms with Gasteiger partial charge in [0.25, 0.3) is 0 Å². The molecule has 2 nitrogen and oxygen atoms in total. The van der Waals surface area contributed by atoms with Gasteiger partial charge in [-0.15, -0.1) is 0 Å². The molecule has 0 spiro atoms. The molecule has 0 aromatic heterocycles. The zero-order valence-corrected chi connectivity index (χ0v) is 12.3. The normalized spacial score (nSPS) is 15.5. The van der Waals surface area contributed by atoms with Crippen molar-refractivity contribution in [3.63, 3.8) is 0 Å². The van der Waals surface area contributed by atoms with Gasteiger partial charge in [-0.1, -0.05) is 28.1 Å². The highest BCUT2D eigenvalue weighted by atomic mass is 79.9. The summed E-state index contributed by atoms with van der Waals surface area (Å²) in [6.45, 7) is 5.32. The minimum absolute atomic E-state index is 0.867. The van der Waals surface area contributed by atoms with Gasteiger partial charge in [-0.2, -0.15) is 0 Å². The van der Waals surface area contributed by atoms with Crippen LogP contribution < -0.4 is 5.32 Å². The van der Waals surface area contributed by atoms with Crippen molar-refractivity contribution in [1.29, 1.82) is 0 Å². The fourth-order valence-corrected chi connectivity index (χ4v) is 2.25. The van der Waals surface area contributed by atoms with Crippen molar-refractivity contribution in [2.24, 2.45) is 0 Å². The van der Waals surface area contributed by atoms with Crippen LogP contribution in [0.4, 0.5) is 0 Å². The first kappa shape index (κ1) is 13.1. The summed E-state index contributed by atoms with van der Waals surface area (Å²) in [6, 6.07) is 7.41. The van der Waals surface area contributed by atoms with Crippen molar-refractivity contribution >= 4 is 15.9 Å². The Morgan fingerprint density at radius 2 is 2.18 bits per heavy atom. The topological polar surface area (TPSA) is 15.3 Å². The molecule has 0 radical (unpaired) electrons. The first-order valence-corrected chi connectivity index (χ1v) is 7.12. The summed E-state index contributed by atoms with van der Waals surface area (Å²) in [5.74, 6) is 0. The van der Waals surface area contributed by atoms with Crippen molar-refractivity contribution in [3.8, 4) is 0 Å². The van der Waals surface area contributed by atoms with Crippen molar-refractivity contribution in [1.82, 2.24) is 10.2 Å². The Morgan fingerprint density at radius 3 is 2.82 bits per heavy atom. The van der Waals surface area contributed by atoms with Crippen LogP contribution in [0.15, 0.2) is 22.7 Å². The van der Waals surface area contributed by atoms with Gasteiger partial charge in [-0.25, -0.2) is 0 Å². The molecule has 0 unspecified atom stereocenters. The summed E-state index contributed by atoms with van der Waals surface area (Å²) >= 11 is 3.53. The number of rotatable bonds is 6. The summed E-state index contributed by atoms with van der Waals surface area (Å²) in [4.78, 5) is 2.46. The Hall–Kier alpha value is -0.380. The molecule has 1 aromatic carbocycles. The maximum absolute atomic E-state index is 3.53. The van der Waals surface area contributed by atoms with Crippen LogP contribution in [0.1, 0.15) is 24.0 Å². The lowest BCUT2D eigenvalue weighted by Gasteiger charge is -2.15. The second kappa shape index (κ2) is 5.98. The van der Waals surface area contributed by atoms with Gasteiger partial charge in [0.2, 0.25) is 0 Å². The van der Waals surface area contributed by atoms with Crippen LogP contribution in [-0.2, 0) is 6.54 Å². The van der Waals surface area contributed by atoms with Crippen molar-refractivity contribution in [2.75, 3.05) is 20.1 Å². The highest BCUT2D eigenvalue weighted by Crippen LogP contribution is 2.24.